The van der Waals surface area contributed by atoms with Crippen LogP contribution < -0.4 is 11.1 Å². The summed E-state index contributed by atoms with van der Waals surface area (Å²) >= 11 is 10.9. The van der Waals surface area contributed by atoms with Crippen LogP contribution in [0.25, 0.3) is 0 Å². The average molecular weight is 285 g/mol. The van der Waals surface area contributed by atoms with E-state index in [1.165, 1.54) is 0 Å². The summed E-state index contributed by atoms with van der Waals surface area (Å²) in [5.74, 6) is -0.140. The number of unbranched alkanes of at least 4 members (excludes halogenated alkanes) is 1. The average Bonchev–Trinajstić information content (AvgIpc) is 2.31. The number of hydrogen-bond donors (Lipinski definition) is 2. The third-order valence-corrected chi connectivity index (χ3v) is 3.28. The molecule has 3 nitrogen and oxygen atoms in total. The van der Waals surface area contributed by atoms with Crippen molar-refractivity contribution in [3.05, 3.63) is 34.3 Å². The van der Waals surface area contributed by atoms with Crippen LogP contribution in [0.5, 0.6) is 0 Å². The minimum atomic E-state index is -0.140. The highest BCUT2D eigenvalue weighted by Gasteiger charge is 2.10. The maximum atomic E-state index is 11.9. The molecular weight excluding hydrogens is 268 g/mol. The van der Waals surface area contributed by atoms with Crippen LogP contribution in [0.3, 0.4) is 0 Å². The molecule has 3 N–H and O–H groups in total. The standard InChI is InChI=1S/C13H17ClN2OS/c1-9-5-4-6-10(12(9)14)13(17)16-8-3-2-7-11(15)18/h4-6H,2-3,7-8H2,1H3,(H2,15,18)(H,16,17). The molecule has 1 rings (SSSR count). The highest BCUT2D eigenvalue weighted by atomic mass is 35.5. The summed E-state index contributed by atoms with van der Waals surface area (Å²) in [6.45, 7) is 2.48. The molecule has 0 atom stereocenters. The van der Waals surface area contributed by atoms with Gasteiger partial charge >= 0.3 is 0 Å². The Bertz CT molecular complexity index is 449. The number of benzene rings is 1. The third-order valence-electron chi connectivity index (χ3n) is 2.57. The van der Waals surface area contributed by atoms with E-state index in [1.807, 2.05) is 19.1 Å². The lowest BCUT2D eigenvalue weighted by Crippen LogP contribution is -2.25. The lowest BCUT2D eigenvalue weighted by Gasteiger charge is -2.08. The lowest BCUT2D eigenvalue weighted by atomic mass is 10.1. The van der Waals surface area contributed by atoms with Gasteiger partial charge in [0.25, 0.3) is 5.91 Å². The SMILES string of the molecule is Cc1cccc(C(=O)NCCCCC(N)=S)c1Cl. The molecule has 0 radical (unpaired) electrons. The van der Waals surface area contributed by atoms with Crippen molar-refractivity contribution in [1.82, 2.24) is 5.32 Å². The molecule has 0 fully saturated rings. The monoisotopic (exact) mass is 284 g/mol. The van der Waals surface area contributed by atoms with Gasteiger partial charge in [-0.3, -0.25) is 4.79 Å². The molecule has 5 heteroatoms. The van der Waals surface area contributed by atoms with Gasteiger partial charge in [-0.05, 0) is 37.8 Å². The minimum Gasteiger partial charge on any atom is -0.393 e. The summed E-state index contributed by atoms with van der Waals surface area (Å²) in [5.41, 5.74) is 6.81. The van der Waals surface area contributed by atoms with Crippen molar-refractivity contribution >= 4 is 34.7 Å². The molecule has 0 heterocycles. The number of carbonyl (C=O) groups is 1. The van der Waals surface area contributed by atoms with Crippen molar-refractivity contribution in [2.24, 2.45) is 5.73 Å². The molecule has 0 aromatic heterocycles. The lowest BCUT2D eigenvalue weighted by molar-refractivity contribution is 0.0953. The van der Waals surface area contributed by atoms with Crippen LogP contribution in [-0.4, -0.2) is 17.4 Å². The van der Waals surface area contributed by atoms with Crippen molar-refractivity contribution < 1.29 is 4.79 Å². The topological polar surface area (TPSA) is 55.1 Å². The fourth-order valence-electron chi connectivity index (χ4n) is 1.54. The predicted molar refractivity (Wildman–Crippen MR) is 79.2 cm³/mol. The molecule has 0 spiro atoms. The van der Waals surface area contributed by atoms with Gasteiger partial charge in [-0.25, -0.2) is 0 Å². The first kappa shape index (κ1) is 14.9. The van der Waals surface area contributed by atoms with E-state index in [2.05, 4.69) is 5.32 Å². The fraction of sp³-hybridized carbons (Fsp3) is 0.385. The van der Waals surface area contributed by atoms with E-state index >= 15 is 0 Å². The zero-order chi connectivity index (χ0) is 13.5. The Balaban J connectivity index is 2.41. The highest BCUT2D eigenvalue weighted by Crippen LogP contribution is 2.19. The number of thiocarbonyl (C=S) groups is 1. The van der Waals surface area contributed by atoms with Gasteiger partial charge in [0.1, 0.15) is 0 Å². The van der Waals surface area contributed by atoms with E-state index < -0.39 is 0 Å². The van der Waals surface area contributed by atoms with Crippen molar-refractivity contribution in [3.63, 3.8) is 0 Å². The van der Waals surface area contributed by atoms with E-state index in [1.54, 1.807) is 6.07 Å². The van der Waals surface area contributed by atoms with E-state index in [4.69, 9.17) is 29.6 Å². The van der Waals surface area contributed by atoms with Gasteiger partial charge in [-0.1, -0.05) is 36.0 Å². The summed E-state index contributed by atoms with van der Waals surface area (Å²) < 4.78 is 0. The second-order valence-electron chi connectivity index (χ2n) is 4.12. The molecule has 0 aliphatic rings. The number of halogens is 1. The predicted octanol–water partition coefficient (Wildman–Crippen LogP) is 2.83. The van der Waals surface area contributed by atoms with Crippen molar-refractivity contribution in [2.75, 3.05) is 6.54 Å². The zero-order valence-electron chi connectivity index (χ0n) is 10.3. The minimum absolute atomic E-state index is 0.140. The Labute approximate surface area is 118 Å². The molecule has 1 aromatic rings. The quantitative estimate of drug-likeness (QED) is 0.624. The summed E-state index contributed by atoms with van der Waals surface area (Å²) in [6, 6.07) is 5.42. The number of carbonyl (C=O) groups excluding carboxylic acids is 1. The van der Waals surface area contributed by atoms with E-state index in [-0.39, 0.29) is 5.91 Å². The maximum absolute atomic E-state index is 11.9. The van der Waals surface area contributed by atoms with Crippen LogP contribution in [0.4, 0.5) is 0 Å². The van der Waals surface area contributed by atoms with E-state index in [0.717, 1.165) is 24.8 Å². The summed E-state index contributed by atoms with van der Waals surface area (Å²) in [7, 11) is 0. The Kier molecular flexibility index (Phi) is 6.09. The number of nitrogens with two attached hydrogens (primary N) is 1. The van der Waals surface area contributed by atoms with Crippen LogP contribution in [0.15, 0.2) is 18.2 Å². The summed E-state index contributed by atoms with van der Waals surface area (Å²) in [6.07, 6.45) is 2.46. The first-order valence-corrected chi connectivity index (χ1v) is 6.62. The Hall–Kier alpha value is -1.13. The first-order valence-electron chi connectivity index (χ1n) is 5.84. The van der Waals surface area contributed by atoms with Gasteiger partial charge in [0.05, 0.1) is 15.6 Å². The molecule has 18 heavy (non-hydrogen) atoms. The molecule has 0 saturated carbocycles. The van der Waals surface area contributed by atoms with Gasteiger partial charge in [-0.2, -0.15) is 0 Å². The number of aryl methyl sites for hydroxylation is 1. The summed E-state index contributed by atoms with van der Waals surface area (Å²) in [5, 5.41) is 3.35. The molecule has 0 aliphatic heterocycles. The molecule has 0 bridgehead atoms. The Morgan fingerprint density at radius 3 is 2.83 bits per heavy atom. The molecule has 1 amide bonds. The van der Waals surface area contributed by atoms with Crippen molar-refractivity contribution in [1.29, 1.82) is 0 Å². The van der Waals surface area contributed by atoms with Gasteiger partial charge in [0.2, 0.25) is 0 Å². The van der Waals surface area contributed by atoms with Gasteiger partial charge < -0.3 is 11.1 Å². The first-order chi connectivity index (χ1) is 8.52. The molecule has 0 unspecified atom stereocenters. The molecule has 1 aromatic carbocycles. The van der Waals surface area contributed by atoms with Gasteiger partial charge in [-0.15, -0.1) is 0 Å². The van der Waals surface area contributed by atoms with Crippen LogP contribution in [-0.2, 0) is 0 Å². The van der Waals surface area contributed by atoms with Gasteiger partial charge in [0.15, 0.2) is 0 Å². The number of rotatable bonds is 6. The molecule has 0 aliphatic carbocycles. The largest absolute Gasteiger partial charge is 0.393 e. The van der Waals surface area contributed by atoms with E-state index in [0.29, 0.717) is 22.1 Å². The molecular formula is C13H17ClN2OS. The normalized spacial score (nSPS) is 10.1. The van der Waals surface area contributed by atoms with Crippen LogP contribution in [0.2, 0.25) is 5.02 Å². The van der Waals surface area contributed by atoms with Crippen LogP contribution >= 0.6 is 23.8 Å². The zero-order valence-corrected chi connectivity index (χ0v) is 11.9. The van der Waals surface area contributed by atoms with Crippen molar-refractivity contribution in [3.8, 4) is 0 Å². The number of hydrogen-bond acceptors (Lipinski definition) is 2. The Morgan fingerprint density at radius 1 is 1.44 bits per heavy atom. The third kappa shape index (κ3) is 4.63. The number of amides is 1. The molecule has 98 valence electrons. The number of nitrogens with one attached hydrogen (secondary N) is 1. The molecule has 0 saturated heterocycles. The fourth-order valence-corrected chi connectivity index (χ4v) is 1.90. The smallest absolute Gasteiger partial charge is 0.252 e. The second-order valence-corrected chi connectivity index (χ2v) is 5.02. The second kappa shape index (κ2) is 7.34. The van der Waals surface area contributed by atoms with E-state index in [9.17, 15) is 4.79 Å². The van der Waals surface area contributed by atoms with Crippen molar-refractivity contribution in [2.45, 2.75) is 26.2 Å². The maximum Gasteiger partial charge on any atom is 0.252 e. The van der Waals surface area contributed by atoms with Crippen LogP contribution in [0.1, 0.15) is 35.2 Å². The summed E-state index contributed by atoms with van der Waals surface area (Å²) in [4.78, 5) is 12.4. The van der Waals surface area contributed by atoms with Crippen LogP contribution in [0, 0.1) is 6.92 Å². The highest BCUT2D eigenvalue weighted by molar-refractivity contribution is 7.80. The van der Waals surface area contributed by atoms with Gasteiger partial charge in [0, 0.05) is 6.54 Å². The Morgan fingerprint density at radius 2 is 2.17 bits per heavy atom.